The highest BCUT2D eigenvalue weighted by Crippen LogP contribution is 2.15. The third-order valence-electron chi connectivity index (χ3n) is 2.22. The maximum absolute atomic E-state index is 10.7. The van der Waals surface area contributed by atoms with Crippen LogP contribution in [0.25, 0.3) is 0 Å². The van der Waals surface area contributed by atoms with Crippen LogP contribution in [0, 0.1) is 0 Å². The molecule has 2 rings (SSSR count). The average molecular weight is 284 g/mol. The summed E-state index contributed by atoms with van der Waals surface area (Å²) in [6, 6.07) is 3.44. The molecule has 2 aromatic rings. The van der Waals surface area contributed by atoms with Crippen molar-refractivity contribution in [2.45, 2.75) is 13.1 Å². The Labute approximate surface area is 100 Å². The van der Waals surface area contributed by atoms with Gasteiger partial charge in [0.25, 0.3) is 0 Å². The highest BCUT2D eigenvalue weighted by Gasteiger charge is 2.08. The van der Waals surface area contributed by atoms with Crippen molar-refractivity contribution >= 4 is 21.9 Å². The fourth-order valence-electron chi connectivity index (χ4n) is 1.41. The molecular weight excluding hydrogens is 274 g/mol. The number of carbonyl (C=O) groups is 1. The summed E-state index contributed by atoms with van der Waals surface area (Å²) in [6.45, 7) is 1.38. The van der Waals surface area contributed by atoms with E-state index in [1.165, 1.54) is 0 Å². The number of hydrogen-bond acceptors (Lipinski definition) is 2. The van der Waals surface area contributed by atoms with Gasteiger partial charge in [-0.05, 0) is 28.1 Å². The molecule has 0 aromatic carbocycles. The summed E-state index contributed by atoms with van der Waals surface area (Å²) in [6.07, 6.45) is 5.19. The topological polar surface area (TPSA) is 60.0 Å². The van der Waals surface area contributed by atoms with Crippen LogP contribution in [-0.2, 0) is 13.1 Å². The smallest absolute Gasteiger partial charge is 0.337 e. The predicted octanol–water partition coefficient (Wildman–Crippen LogP) is 1.85. The van der Waals surface area contributed by atoms with Crippen LogP contribution in [0.1, 0.15) is 10.4 Å². The lowest BCUT2D eigenvalue weighted by Gasteiger charge is -2.04. The standard InChI is InChI=1S/C10H10BrN3O2/c11-9-6-8(10(15)16)7-13(9)4-5-14-3-1-2-12-14/h1-3,6-7H,4-5H2,(H,15,16). The van der Waals surface area contributed by atoms with Crippen molar-refractivity contribution in [2.24, 2.45) is 0 Å². The van der Waals surface area contributed by atoms with E-state index in [1.54, 1.807) is 23.1 Å². The summed E-state index contributed by atoms with van der Waals surface area (Å²) in [7, 11) is 0. The summed E-state index contributed by atoms with van der Waals surface area (Å²) in [4.78, 5) is 10.7. The van der Waals surface area contributed by atoms with Crippen molar-refractivity contribution < 1.29 is 9.90 Å². The normalized spacial score (nSPS) is 10.6. The van der Waals surface area contributed by atoms with E-state index in [-0.39, 0.29) is 5.56 Å². The number of carboxylic acid groups (broad SMARTS) is 1. The fourth-order valence-corrected chi connectivity index (χ4v) is 1.94. The molecule has 2 aromatic heterocycles. The van der Waals surface area contributed by atoms with E-state index < -0.39 is 5.97 Å². The minimum Gasteiger partial charge on any atom is -0.478 e. The van der Waals surface area contributed by atoms with E-state index >= 15 is 0 Å². The molecule has 0 atom stereocenters. The van der Waals surface area contributed by atoms with E-state index in [9.17, 15) is 4.79 Å². The minimum atomic E-state index is -0.918. The van der Waals surface area contributed by atoms with E-state index in [1.807, 2.05) is 16.8 Å². The van der Waals surface area contributed by atoms with Gasteiger partial charge in [-0.1, -0.05) is 0 Å². The SMILES string of the molecule is O=C(O)c1cc(Br)n(CCn2cccn2)c1. The van der Waals surface area contributed by atoms with Gasteiger partial charge < -0.3 is 9.67 Å². The number of hydrogen-bond donors (Lipinski definition) is 1. The van der Waals surface area contributed by atoms with Gasteiger partial charge in [0.05, 0.1) is 16.7 Å². The molecule has 0 aliphatic rings. The highest BCUT2D eigenvalue weighted by molar-refractivity contribution is 9.10. The van der Waals surface area contributed by atoms with Crippen molar-refractivity contribution in [3.05, 3.63) is 40.9 Å². The first-order chi connectivity index (χ1) is 7.66. The lowest BCUT2D eigenvalue weighted by molar-refractivity contribution is 0.0697. The molecule has 0 saturated heterocycles. The number of aromatic nitrogens is 3. The van der Waals surface area contributed by atoms with Crippen LogP contribution in [-0.4, -0.2) is 25.4 Å². The molecule has 0 bridgehead atoms. The maximum atomic E-state index is 10.7. The Morgan fingerprint density at radius 3 is 2.88 bits per heavy atom. The average Bonchev–Trinajstić information content (AvgIpc) is 2.84. The second-order valence-electron chi connectivity index (χ2n) is 3.32. The van der Waals surface area contributed by atoms with Gasteiger partial charge in [-0.15, -0.1) is 0 Å². The van der Waals surface area contributed by atoms with Gasteiger partial charge in [-0.25, -0.2) is 4.79 Å². The van der Waals surface area contributed by atoms with Crippen LogP contribution in [0.3, 0.4) is 0 Å². The zero-order valence-corrected chi connectivity index (χ0v) is 9.96. The van der Waals surface area contributed by atoms with Crippen molar-refractivity contribution in [2.75, 3.05) is 0 Å². The summed E-state index contributed by atoms with van der Waals surface area (Å²) >= 11 is 3.32. The van der Waals surface area contributed by atoms with Crippen molar-refractivity contribution in [3.63, 3.8) is 0 Å². The van der Waals surface area contributed by atoms with Crippen molar-refractivity contribution in [3.8, 4) is 0 Å². The monoisotopic (exact) mass is 283 g/mol. The lowest BCUT2D eigenvalue weighted by atomic mass is 10.4. The van der Waals surface area contributed by atoms with Crippen LogP contribution in [0.2, 0.25) is 0 Å². The molecule has 84 valence electrons. The van der Waals surface area contributed by atoms with Gasteiger partial charge in [0.15, 0.2) is 0 Å². The molecule has 0 aliphatic carbocycles. The third kappa shape index (κ3) is 2.33. The van der Waals surface area contributed by atoms with Gasteiger partial charge in [0.2, 0.25) is 0 Å². The molecular formula is C10H10BrN3O2. The number of carboxylic acids is 1. The predicted molar refractivity (Wildman–Crippen MR) is 61.3 cm³/mol. The van der Waals surface area contributed by atoms with Gasteiger partial charge in [0, 0.05) is 25.1 Å². The Kier molecular flexibility index (Phi) is 3.09. The van der Waals surface area contributed by atoms with Gasteiger partial charge in [-0.3, -0.25) is 4.68 Å². The minimum absolute atomic E-state index is 0.285. The number of rotatable bonds is 4. The highest BCUT2D eigenvalue weighted by atomic mass is 79.9. The van der Waals surface area contributed by atoms with Crippen LogP contribution in [0.4, 0.5) is 0 Å². The van der Waals surface area contributed by atoms with Crippen LogP contribution in [0.5, 0.6) is 0 Å². The molecule has 2 heterocycles. The molecule has 0 radical (unpaired) electrons. The van der Waals surface area contributed by atoms with E-state index in [0.29, 0.717) is 13.1 Å². The summed E-state index contributed by atoms with van der Waals surface area (Å²) in [5, 5.41) is 12.9. The van der Waals surface area contributed by atoms with E-state index in [0.717, 1.165) is 4.60 Å². The fraction of sp³-hybridized carbons (Fsp3) is 0.200. The summed E-state index contributed by atoms with van der Waals surface area (Å²) < 4.78 is 4.40. The van der Waals surface area contributed by atoms with Gasteiger partial charge in [0.1, 0.15) is 0 Å². The Hall–Kier alpha value is -1.56. The molecule has 6 heteroatoms. The second-order valence-corrected chi connectivity index (χ2v) is 4.13. The molecule has 0 unspecified atom stereocenters. The molecule has 5 nitrogen and oxygen atoms in total. The van der Waals surface area contributed by atoms with Crippen LogP contribution < -0.4 is 0 Å². The van der Waals surface area contributed by atoms with E-state index in [4.69, 9.17) is 5.11 Å². The van der Waals surface area contributed by atoms with Crippen molar-refractivity contribution in [1.29, 1.82) is 0 Å². The van der Waals surface area contributed by atoms with Gasteiger partial charge in [-0.2, -0.15) is 5.10 Å². The Balaban J connectivity index is 2.07. The number of nitrogens with zero attached hydrogens (tertiary/aromatic N) is 3. The second kappa shape index (κ2) is 4.52. The van der Waals surface area contributed by atoms with Gasteiger partial charge >= 0.3 is 5.97 Å². The first kappa shape index (κ1) is 10.9. The summed E-state index contributed by atoms with van der Waals surface area (Å²) in [5.41, 5.74) is 0.285. The Morgan fingerprint density at radius 2 is 2.31 bits per heavy atom. The number of aryl methyl sites for hydroxylation is 2. The molecule has 0 aliphatic heterocycles. The van der Waals surface area contributed by atoms with E-state index in [2.05, 4.69) is 21.0 Å². The van der Waals surface area contributed by atoms with Crippen molar-refractivity contribution in [1.82, 2.24) is 14.3 Å². The molecule has 0 saturated carbocycles. The zero-order valence-electron chi connectivity index (χ0n) is 8.38. The summed E-state index contributed by atoms with van der Waals surface area (Å²) in [5.74, 6) is -0.918. The largest absolute Gasteiger partial charge is 0.478 e. The number of aromatic carboxylic acids is 1. The number of halogens is 1. The first-order valence-electron chi connectivity index (χ1n) is 4.73. The Morgan fingerprint density at radius 1 is 1.50 bits per heavy atom. The lowest BCUT2D eigenvalue weighted by Crippen LogP contribution is -2.07. The molecule has 1 N–H and O–H groups in total. The zero-order chi connectivity index (χ0) is 11.5. The maximum Gasteiger partial charge on any atom is 0.337 e. The molecule has 0 spiro atoms. The van der Waals surface area contributed by atoms with Crippen LogP contribution >= 0.6 is 15.9 Å². The Bertz CT molecular complexity index is 490. The molecule has 0 fully saturated rings. The van der Waals surface area contributed by atoms with Crippen LogP contribution in [0.15, 0.2) is 35.3 Å². The quantitative estimate of drug-likeness (QED) is 0.932. The molecule has 0 amide bonds. The third-order valence-corrected chi connectivity index (χ3v) is 2.90. The molecule has 16 heavy (non-hydrogen) atoms. The first-order valence-corrected chi connectivity index (χ1v) is 5.52.